The quantitative estimate of drug-likeness (QED) is 0.686. The Morgan fingerprint density at radius 1 is 1.32 bits per heavy atom. The van der Waals surface area contributed by atoms with Crippen molar-refractivity contribution in [1.82, 2.24) is 10.2 Å². The molecule has 6 heteroatoms. The smallest absolute Gasteiger partial charge is 0.166 e. The summed E-state index contributed by atoms with van der Waals surface area (Å²) in [4.78, 5) is 2.19. The maximum absolute atomic E-state index is 12.1. The van der Waals surface area contributed by atoms with Crippen molar-refractivity contribution < 1.29 is 8.42 Å². The summed E-state index contributed by atoms with van der Waals surface area (Å²) in [6, 6.07) is 0.777. The van der Waals surface area contributed by atoms with Crippen LogP contribution in [0.5, 0.6) is 0 Å². The van der Waals surface area contributed by atoms with Gasteiger partial charge in [-0.15, -0.1) is 0 Å². The number of hydrogen-bond donors (Lipinski definition) is 1. The molecule has 0 radical (unpaired) electrons. The molecule has 0 amide bonds. The molecule has 0 aromatic heterocycles. The monoisotopic (exact) mass is 306 g/mol. The Balaban J connectivity index is 1.72. The Morgan fingerprint density at radius 3 is 2.79 bits per heavy atom. The molecule has 19 heavy (non-hydrogen) atoms. The van der Waals surface area contributed by atoms with Crippen molar-refractivity contribution in [1.29, 1.82) is 0 Å². The number of nitrogens with zero attached hydrogens (tertiary/aromatic N) is 1. The zero-order valence-electron chi connectivity index (χ0n) is 11.8. The van der Waals surface area contributed by atoms with Crippen LogP contribution in [0.3, 0.4) is 0 Å². The summed E-state index contributed by atoms with van der Waals surface area (Å²) >= 11 is 1.77. The fourth-order valence-corrected chi connectivity index (χ4v) is 5.54. The van der Waals surface area contributed by atoms with E-state index in [-0.39, 0.29) is 11.1 Å². The van der Waals surface area contributed by atoms with E-state index in [9.17, 15) is 8.42 Å². The third-order valence-electron chi connectivity index (χ3n) is 3.89. The number of sulfone groups is 1. The molecule has 1 aliphatic heterocycles. The molecule has 1 aliphatic carbocycles. The van der Waals surface area contributed by atoms with Gasteiger partial charge in [0.05, 0.1) is 0 Å². The number of thioether (sulfide) groups is 1. The highest BCUT2D eigenvalue weighted by atomic mass is 32.2. The van der Waals surface area contributed by atoms with Gasteiger partial charge >= 0.3 is 0 Å². The molecule has 1 N–H and O–H groups in total. The fraction of sp³-hybridized carbons (Fsp3) is 1.00. The standard InChI is InChI=1S/C13H26N2O2S2/c1-2-19(16,17)13-11-18-10-9-15(13)8-4-3-7-14-12-5-6-12/h12-14H,2-11H2,1H3. The lowest BCUT2D eigenvalue weighted by Crippen LogP contribution is -2.48. The minimum atomic E-state index is -2.93. The molecule has 1 atom stereocenters. The topological polar surface area (TPSA) is 49.4 Å². The van der Waals surface area contributed by atoms with Crippen LogP contribution in [0.25, 0.3) is 0 Å². The van der Waals surface area contributed by atoms with Crippen molar-refractivity contribution >= 4 is 21.6 Å². The van der Waals surface area contributed by atoms with E-state index < -0.39 is 9.84 Å². The molecule has 2 fully saturated rings. The molecule has 0 bridgehead atoms. The normalized spacial score (nSPS) is 25.6. The van der Waals surface area contributed by atoms with Crippen molar-refractivity contribution in [3.8, 4) is 0 Å². The van der Waals surface area contributed by atoms with Gasteiger partial charge in [0.1, 0.15) is 5.37 Å². The van der Waals surface area contributed by atoms with Gasteiger partial charge in [0.2, 0.25) is 0 Å². The zero-order valence-corrected chi connectivity index (χ0v) is 13.4. The van der Waals surface area contributed by atoms with E-state index >= 15 is 0 Å². The van der Waals surface area contributed by atoms with Crippen molar-refractivity contribution in [2.24, 2.45) is 0 Å². The average molecular weight is 306 g/mol. The minimum Gasteiger partial charge on any atom is -0.314 e. The van der Waals surface area contributed by atoms with E-state index in [4.69, 9.17) is 0 Å². The van der Waals surface area contributed by atoms with Gasteiger partial charge in [-0.2, -0.15) is 11.8 Å². The first-order valence-corrected chi connectivity index (χ1v) is 10.3. The number of rotatable bonds is 8. The average Bonchev–Trinajstić information content (AvgIpc) is 3.23. The summed E-state index contributed by atoms with van der Waals surface area (Å²) in [5, 5.41) is 3.26. The van der Waals surface area contributed by atoms with Gasteiger partial charge in [-0.25, -0.2) is 8.42 Å². The Labute approximate surface area is 121 Å². The molecule has 1 saturated carbocycles. The lowest BCUT2D eigenvalue weighted by atomic mass is 10.3. The molecule has 2 rings (SSSR count). The molecule has 4 nitrogen and oxygen atoms in total. The second-order valence-electron chi connectivity index (χ2n) is 5.45. The largest absolute Gasteiger partial charge is 0.314 e. The van der Waals surface area contributed by atoms with Crippen LogP contribution < -0.4 is 5.32 Å². The summed E-state index contributed by atoms with van der Waals surface area (Å²) in [7, 11) is -2.93. The molecular formula is C13H26N2O2S2. The second-order valence-corrected chi connectivity index (χ2v) is 9.05. The van der Waals surface area contributed by atoms with Crippen molar-refractivity contribution in [2.75, 3.05) is 36.9 Å². The molecule has 0 aromatic rings. The zero-order chi connectivity index (χ0) is 13.7. The Hall–Kier alpha value is 0.220. The predicted molar refractivity (Wildman–Crippen MR) is 82.4 cm³/mol. The molecule has 0 spiro atoms. The van der Waals surface area contributed by atoms with Gasteiger partial charge in [0.15, 0.2) is 9.84 Å². The van der Waals surface area contributed by atoms with E-state index in [1.54, 1.807) is 18.7 Å². The molecule has 112 valence electrons. The second kappa shape index (κ2) is 7.29. The van der Waals surface area contributed by atoms with Crippen LogP contribution in [0.2, 0.25) is 0 Å². The first-order valence-electron chi connectivity index (χ1n) is 7.40. The van der Waals surface area contributed by atoms with Crippen molar-refractivity contribution in [3.63, 3.8) is 0 Å². The lowest BCUT2D eigenvalue weighted by Gasteiger charge is -2.34. The van der Waals surface area contributed by atoms with Gasteiger partial charge in [0, 0.05) is 29.8 Å². The number of hydrogen-bond acceptors (Lipinski definition) is 5. The third kappa shape index (κ3) is 4.92. The number of nitrogens with one attached hydrogen (secondary N) is 1. The summed E-state index contributed by atoms with van der Waals surface area (Å²) < 4.78 is 24.2. The lowest BCUT2D eigenvalue weighted by molar-refractivity contribution is 0.264. The van der Waals surface area contributed by atoms with Gasteiger partial charge in [-0.3, -0.25) is 4.90 Å². The van der Waals surface area contributed by atoms with Crippen LogP contribution in [-0.2, 0) is 9.84 Å². The molecule has 1 unspecified atom stereocenters. The highest BCUT2D eigenvalue weighted by Gasteiger charge is 2.32. The van der Waals surface area contributed by atoms with Gasteiger partial charge in [-0.1, -0.05) is 6.92 Å². The Bertz CT molecular complexity index is 369. The van der Waals surface area contributed by atoms with Crippen LogP contribution in [0.15, 0.2) is 0 Å². The first-order chi connectivity index (χ1) is 9.13. The van der Waals surface area contributed by atoms with Crippen LogP contribution in [-0.4, -0.2) is 61.6 Å². The Morgan fingerprint density at radius 2 is 2.11 bits per heavy atom. The third-order valence-corrected chi connectivity index (χ3v) is 7.22. The summed E-state index contributed by atoms with van der Waals surface area (Å²) in [6.45, 7) is 4.69. The SMILES string of the molecule is CCS(=O)(=O)C1CSCCN1CCCCNC1CC1. The van der Waals surface area contributed by atoms with E-state index in [2.05, 4.69) is 10.2 Å². The van der Waals surface area contributed by atoms with Gasteiger partial charge in [-0.05, 0) is 38.8 Å². The fourth-order valence-electron chi connectivity index (χ4n) is 2.43. The van der Waals surface area contributed by atoms with E-state index in [1.165, 1.54) is 12.8 Å². The van der Waals surface area contributed by atoms with Crippen LogP contribution in [0.4, 0.5) is 0 Å². The van der Waals surface area contributed by atoms with E-state index in [0.29, 0.717) is 0 Å². The minimum absolute atomic E-state index is 0.243. The Kier molecular flexibility index (Phi) is 5.99. The highest BCUT2D eigenvalue weighted by molar-refractivity contribution is 8.01. The van der Waals surface area contributed by atoms with Crippen LogP contribution in [0.1, 0.15) is 32.6 Å². The predicted octanol–water partition coefficient (Wildman–Crippen LogP) is 1.33. The van der Waals surface area contributed by atoms with Gasteiger partial charge < -0.3 is 5.32 Å². The van der Waals surface area contributed by atoms with E-state index in [1.807, 2.05) is 0 Å². The molecular weight excluding hydrogens is 280 g/mol. The van der Waals surface area contributed by atoms with Gasteiger partial charge in [0.25, 0.3) is 0 Å². The molecule has 0 aromatic carbocycles. The first kappa shape index (κ1) is 15.6. The summed E-state index contributed by atoms with van der Waals surface area (Å²) in [5.41, 5.74) is 0. The highest BCUT2D eigenvalue weighted by Crippen LogP contribution is 2.22. The van der Waals surface area contributed by atoms with Crippen LogP contribution in [0, 0.1) is 0 Å². The molecule has 2 aliphatic rings. The van der Waals surface area contributed by atoms with Crippen molar-refractivity contribution in [3.05, 3.63) is 0 Å². The van der Waals surface area contributed by atoms with E-state index in [0.717, 1.165) is 50.0 Å². The number of unbranched alkanes of at least 4 members (excludes halogenated alkanes) is 1. The molecule has 1 saturated heterocycles. The summed E-state index contributed by atoms with van der Waals surface area (Å²) in [5.74, 6) is 2.07. The van der Waals surface area contributed by atoms with Crippen molar-refractivity contribution in [2.45, 2.75) is 44.0 Å². The summed E-state index contributed by atoms with van der Waals surface area (Å²) in [6.07, 6.45) is 4.92. The molecule has 1 heterocycles. The van der Waals surface area contributed by atoms with Crippen LogP contribution >= 0.6 is 11.8 Å². The maximum Gasteiger partial charge on any atom is 0.166 e. The maximum atomic E-state index is 12.1.